The molecule has 0 aliphatic carbocycles. The molecule has 2 aromatic heterocycles. The molecular weight excluding hydrogens is 192 g/mol. The summed E-state index contributed by atoms with van der Waals surface area (Å²) in [6.45, 7) is 0. The highest BCUT2D eigenvalue weighted by atomic mass is 16.5. The summed E-state index contributed by atoms with van der Waals surface area (Å²) in [6, 6.07) is 7.34. The van der Waals surface area contributed by atoms with Crippen LogP contribution in [-0.2, 0) is 4.74 Å². The van der Waals surface area contributed by atoms with Crippen LogP contribution in [0.4, 0.5) is 0 Å². The number of aromatic nitrogens is 2. The Balaban J connectivity index is 2.46. The highest BCUT2D eigenvalue weighted by Gasteiger charge is 2.14. The molecule has 2 heterocycles. The summed E-state index contributed by atoms with van der Waals surface area (Å²) in [5.74, 6) is -0.388. The summed E-state index contributed by atoms with van der Waals surface area (Å²) in [5.41, 5.74) is 1.93. The van der Waals surface area contributed by atoms with E-state index >= 15 is 0 Å². The zero-order valence-corrected chi connectivity index (χ0v) is 8.23. The molecule has 0 aliphatic heterocycles. The molecule has 0 aromatic carbocycles. The number of methoxy groups -OCH3 is 1. The molecule has 0 unspecified atom stereocenters. The van der Waals surface area contributed by atoms with E-state index in [9.17, 15) is 4.79 Å². The number of esters is 1. The summed E-state index contributed by atoms with van der Waals surface area (Å²) in [7, 11) is 1.35. The first kappa shape index (κ1) is 9.45. The first-order valence-corrected chi connectivity index (χ1v) is 4.50. The molecule has 0 atom stereocenters. The molecule has 0 bridgehead atoms. The van der Waals surface area contributed by atoms with Crippen molar-refractivity contribution in [3.8, 4) is 11.3 Å². The molecule has 0 fully saturated rings. The number of nitrogens with zero attached hydrogens (tertiary/aromatic N) is 1. The van der Waals surface area contributed by atoms with Gasteiger partial charge in [-0.15, -0.1) is 0 Å². The number of rotatable bonds is 2. The summed E-state index contributed by atoms with van der Waals surface area (Å²) < 4.78 is 4.66. The number of hydrogen-bond acceptors (Lipinski definition) is 3. The molecule has 15 heavy (non-hydrogen) atoms. The Morgan fingerprint density at radius 3 is 2.93 bits per heavy atom. The largest absolute Gasteiger partial charge is 0.464 e. The lowest BCUT2D eigenvalue weighted by molar-refractivity contribution is 0.0595. The smallest absolute Gasteiger partial charge is 0.355 e. The number of carbonyl (C=O) groups is 1. The third-order valence-electron chi connectivity index (χ3n) is 2.08. The summed E-state index contributed by atoms with van der Waals surface area (Å²) >= 11 is 0. The minimum atomic E-state index is -0.388. The fraction of sp³-hybridized carbons (Fsp3) is 0.0909. The van der Waals surface area contributed by atoms with Crippen LogP contribution in [0.15, 0.2) is 36.7 Å². The lowest BCUT2D eigenvalue weighted by atomic mass is 10.1. The number of H-pyrrole nitrogens is 1. The third kappa shape index (κ3) is 1.74. The molecule has 0 spiro atoms. The average Bonchev–Trinajstić information content (AvgIpc) is 2.78. The van der Waals surface area contributed by atoms with Gasteiger partial charge in [-0.25, -0.2) is 4.79 Å². The molecule has 4 nitrogen and oxygen atoms in total. The first-order valence-electron chi connectivity index (χ1n) is 4.50. The van der Waals surface area contributed by atoms with Crippen molar-refractivity contribution in [1.29, 1.82) is 0 Å². The van der Waals surface area contributed by atoms with Crippen LogP contribution in [0.2, 0.25) is 0 Å². The molecule has 0 radical (unpaired) electrons. The van der Waals surface area contributed by atoms with Gasteiger partial charge in [-0.2, -0.15) is 0 Å². The second-order valence-electron chi connectivity index (χ2n) is 2.97. The van der Waals surface area contributed by atoms with Crippen molar-refractivity contribution in [3.63, 3.8) is 0 Å². The fourth-order valence-corrected chi connectivity index (χ4v) is 1.38. The van der Waals surface area contributed by atoms with E-state index in [1.165, 1.54) is 7.11 Å². The van der Waals surface area contributed by atoms with Crippen LogP contribution in [0, 0.1) is 0 Å². The molecule has 0 amide bonds. The van der Waals surface area contributed by atoms with Crippen LogP contribution >= 0.6 is 0 Å². The van der Waals surface area contributed by atoms with E-state index in [1.807, 2.05) is 18.2 Å². The minimum Gasteiger partial charge on any atom is -0.464 e. The Morgan fingerprint density at radius 2 is 2.27 bits per heavy atom. The van der Waals surface area contributed by atoms with Crippen molar-refractivity contribution in [3.05, 3.63) is 42.4 Å². The van der Waals surface area contributed by atoms with Crippen molar-refractivity contribution in [2.24, 2.45) is 0 Å². The van der Waals surface area contributed by atoms with E-state index in [2.05, 4.69) is 14.7 Å². The maximum absolute atomic E-state index is 11.4. The Labute approximate surface area is 86.9 Å². The van der Waals surface area contributed by atoms with Gasteiger partial charge in [-0.1, -0.05) is 6.07 Å². The van der Waals surface area contributed by atoms with Crippen LogP contribution < -0.4 is 0 Å². The Morgan fingerprint density at radius 1 is 1.40 bits per heavy atom. The lowest BCUT2D eigenvalue weighted by Gasteiger charge is -2.00. The molecule has 1 N–H and O–H groups in total. The predicted octanol–water partition coefficient (Wildman–Crippen LogP) is 1.86. The quantitative estimate of drug-likeness (QED) is 0.756. The van der Waals surface area contributed by atoms with Gasteiger partial charge in [0.25, 0.3) is 0 Å². The number of carbonyl (C=O) groups excluding carboxylic acids is 1. The Bertz CT molecular complexity index is 462. The fourth-order valence-electron chi connectivity index (χ4n) is 1.38. The van der Waals surface area contributed by atoms with E-state index in [0.717, 1.165) is 11.3 Å². The van der Waals surface area contributed by atoms with Crippen LogP contribution in [-0.4, -0.2) is 23.0 Å². The van der Waals surface area contributed by atoms with Gasteiger partial charge in [0.05, 0.1) is 12.8 Å². The molecule has 0 saturated carbocycles. The van der Waals surface area contributed by atoms with Gasteiger partial charge in [-0.3, -0.25) is 4.98 Å². The second-order valence-corrected chi connectivity index (χ2v) is 2.97. The van der Waals surface area contributed by atoms with E-state index in [1.54, 1.807) is 18.5 Å². The van der Waals surface area contributed by atoms with E-state index in [4.69, 9.17) is 0 Å². The van der Waals surface area contributed by atoms with Crippen LogP contribution in [0.5, 0.6) is 0 Å². The van der Waals surface area contributed by atoms with Gasteiger partial charge in [0.15, 0.2) is 0 Å². The molecule has 0 saturated heterocycles. The van der Waals surface area contributed by atoms with E-state index < -0.39 is 0 Å². The number of ether oxygens (including phenoxy) is 1. The Kier molecular flexibility index (Phi) is 2.49. The van der Waals surface area contributed by atoms with Gasteiger partial charge in [0.1, 0.15) is 5.69 Å². The molecule has 2 rings (SSSR count). The average molecular weight is 202 g/mol. The predicted molar refractivity (Wildman–Crippen MR) is 55.4 cm³/mol. The number of hydrogen-bond donors (Lipinski definition) is 1. The van der Waals surface area contributed by atoms with Gasteiger partial charge in [-0.05, 0) is 18.2 Å². The summed E-state index contributed by atoms with van der Waals surface area (Å²) in [6.07, 6.45) is 3.37. The highest BCUT2D eigenvalue weighted by molar-refractivity contribution is 5.94. The van der Waals surface area contributed by atoms with Crippen molar-refractivity contribution in [2.75, 3.05) is 7.11 Å². The standard InChI is InChI=1S/C11H10N2O2/c1-15-11(14)10-8(5-7-13-10)9-4-2-3-6-12-9/h2-7,13H,1H3. The number of aromatic amines is 1. The highest BCUT2D eigenvalue weighted by Crippen LogP contribution is 2.20. The van der Waals surface area contributed by atoms with Crippen LogP contribution in [0.3, 0.4) is 0 Å². The van der Waals surface area contributed by atoms with Gasteiger partial charge in [0.2, 0.25) is 0 Å². The molecule has 4 heteroatoms. The van der Waals surface area contributed by atoms with Crippen molar-refractivity contribution < 1.29 is 9.53 Å². The van der Waals surface area contributed by atoms with E-state index in [-0.39, 0.29) is 5.97 Å². The molecule has 76 valence electrons. The van der Waals surface area contributed by atoms with Crippen molar-refractivity contribution in [2.45, 2.75) is 0 Å². The monoisotopic (exact) mass is 202 g/mol. The van der Waals surface area contributed by atoms with Crippen LogP contribution in [0.1, 0.15) is 10.5 Å². The van der Waals surface area contributed by atoms with Crippen molar-refractivity contribution >= 4 is 5.97 Å². The van der Waals surface area contributed by atoms with Gasteiger partial charge in [0, 0.05) is 18.0 Å². The second kappa shape index (κ2) is 3.96. The lowest BCUT2D eigenvalue weighted by Crippen LogP contribution is -2.03. The molecular formula is C11H10N2O2. The van der Waals surface area contributed by atoms with Gasteiger partial charge < -0.3 is 9.72 Å². The molecule has 0 aliphatic rings. The Hall–Kier alpha value is -2.10. The van der Waals surface area contributed by atoms with E-state index in [0.29, 0.717) is 5.69 Å². The first-order chi connectivity index (χ1) is 7.33. The summed E-state index contributed by atoms with van der Waals surface area (Å²) in [4.78, 5) is 18.4. The summed E-state index contributed by atoms with van der Waals surface area (Å²) in [5, 5.41) is 0. The third-order valence-corrected chi connectivity index (χ3v) is 2.08. The van der Waals surface area contributed by atoms with Crippen LogP contribution in [0.25, 0.3) is 11.3 Å². The minimum absolute atomic E-state index is 0.388. The number of pyridine rings is 1. The van der Waals surface area contributed by atoms with Crippen molar-refractivity contribution in [1.82, 2.24) is 9.97 Å². The molecule has 2 aromatic rings. The zero-order chi connectivity index (χ0) is 10.7. The van der Waals surface area contributed by atoms with Gasteiger partial charge >= 0.3 is 5.97 Å². The zero-order valence-electron chi connectivity index (χ0n) is 8.23. The SMILES string of the molecule is COC(=O)c1[nH]ccc1-c1ccccn1. The normalized spacial score (nSPS) is 9.93. The topological polar surface area (TPSA) is 55.0 Å². The maximum atomic E-state index is 11.4. The maximum Gasteiger partial charge on any atom is 0.355 e. The number of nitrogens with one attached hydrogen (secondary N) is 1.